The average molecular weight is 213 g/mol. The number of nitrogens with one attached hydrogen (secondary N) is 1. The molecule has 1 atom stereocenters. The van der Waals surface area contributed by atoms with E-state index in [0.29, 0.717) is 6.42 Å². The standard InChI is InChI=1S/C14H15NO/c16-14(11-12-7-3-1-4-8-12)15-13-9-5-2-6-10-13/h1-9,13H,10-11H2,(H,15,16). The summed E-state index contributed by atoms with van der Waals surface area (Å²) in [4.78, 5) is 11.7. The molecular formula is C14H15NO. The first-order valence-corrected chi connectivity index (χ1v) is 5.51. The Hall–Kier alpha value is -1.83. The molecule has 0 radical (unpaired) electrons. The van der Waals surface area contributed by atoms with E-state index in [1.807, 2.05) is 48.6 Å². The molecule has 0 fully saturated rings. The lowest BCUT2D eigenvalue weighted by atomic mass is 10.1. The first kappa shape index (κ1) is 10.7. The molecule has 0 bridgehead atoms. The molecule has 2 rings (SSSR count). The Morgan fingerprint density at radius 3 is 2.75 bits per heavy atom. The van der Waals surface area contributed by atoms with Gasteiger partial charge in [-0.25, -0.2) is 0 Å². The van der Waals surface area contributed by atoms with Crippen molar-refractivity contribution < 1.29 is 4.79 Å². The van der Waals surface area contributed by atoms with Crippen molar-refractivity contribution in [2.24, 2.45) is 0 Å². The van der Waals surface area contributed by atoms with E-state index in [2.05, 4.69) is 11.4 Å². The lowest BCUT2D eigenvalue weighted by Crippen LogP contribution is -2.34. The maximum Gasteiger partial charge on any atom is 0.224 e. The third-order valence-corrected chi connectivity index (χ3v) is 2.53. The molecule has 2 nitrogen and oxygen atoms in total. The summed E-state index contributed by atoms with van der Waals surface area (Å²) in [6.45, 7) is 0. The summed E-state index contributed by atoms with van der Waals surface area (Å²) in [5.74, 6) is 0.0798. The minimum Gasteiger partial charge on any atom is -0.349 e. The predicted molar refractivity (Wildman–Crippen MR) is 65.0 cm³/mol. The summed E-state index contributed by atoms with van der Waals surface area (Å²) < 4.78 is 0. The van der Waals surface area contributed by atoms with Gasteiger partial charge < -0.3 is 5.32 Å². The second-order valence-electron chi connectivity index (χ2n) is 3.89. The Balaban J connectivity index is 1.85. The first-order valence-electron chi connectivity index (χ1n) is 5.51. The number of rotatable bonds is 3. The van der Waals surface area contributed by atoms with E-state index in [1.165, 1.54) is 0 Å². The molecule has 1 amide bonds. The van der Waals surface area contributed by atoms with Crippen LogP contribution >= 0.6 is 0 Å². The smallest absolute Gasteiger partial charge is 0.224 e. The highest BCUT2D eigenvalue weighted by Gasteiger charge is 2.09. The van der Waals surface area contributed by atoms with Gasteiger partial charge in [-0.1, -0.05) is 54.6 Å². The molecule has 1 unspecified atom stereocenters. The van der Waals surface area contributed by atoms with Gasteiger partial charge in [0, 0.05) is 0 Å². The van der Waals surface area contributed by atoms with Crippen molar-refractivity contribution in [1.29, 1.82) is 0 Å². The molecule has 0 saturated heterocycles. The maximum atomic E-state index is 11.7. The van der Waals surface area contributed by atoms with Gasteiger partial charge in [0.25, 0.3) is 0 Å². The van der Waals surface area contributed by atoms with Crippen molar-refractivity contribution in [2.75, 3.05) is 0 Å². The molecule has 1 aromatic rings. The van der Waals surface area contributed by atoms with Gasteiger partial charge in [-0.05, 0) is 12.0 Å². The largest absolute Gasteiger partial charge is 0.349 e. The summed E-state index contributed by atoms with van der Waals surface area (Å²) in [6.07, 6.45) is 9.39. The number of hydrogen-bond donors (Lipinski definition) is 1. The molecule has 1 aromatic carbocycles. The fraction of sp³-hybridized carbons (Fsp3) is 0.214. The van der Waals surface area contributed by atoms with Crippen LogP contribution in [0.15, 0.2) is 54.6 Å². The third kappa shape index (κ3) is 3.09. The van der Waals surface area contributed by atoms with Gasteiger partial charge in [-0.3, -0.25) is 4.79 Å². The zero-order chi connectivity index (χ0) is 11.2. The van der Waals surface area contributed by atoms with E-state index in [-0.39, 0.29) is 11.9 Å². The predicted octanol–water partition coefficient (Wildman–Crippen LogP) is 2.23. The Kier molecular flexibility index (Phi) is 3.54. The van der Waals surface area contributed by atoms with Gasteiger partial charge in [0.2, 0.25) is 5.91 Å². The van der Waals surface area contributed by atoms with Crippen LogP contribution in [0.1, 0.15) is 12.0 Å². The van der Waals surface area contributed by atoms with Crippen molar-refractivity contribution >= 4 is 5.91 Å². The molecule has 16 heavy (non-hydrogen) atoms. The van der Waals surface area contributed by atoms with E-state index >= 15 is 0 Å². The first-order chi connectivity index (χ1) is 7.84. The summed E-state index contributed by atoms with van der Waals surface area (Å²) in [6, 6.07) is 9.95. The normalized spacial score (nSPS) is 18.4. The SMILES string of the molecule is O=C(Cc1ccccc1)NC1C=CC=CC1. The second-order valence-corrected chi connectivity index (χ2v) is 3.89. The summed E-state index contributed by atoms with van der Waals surface area (Å²) in [5, 5.41) is 2.99. The van der Waals surface area contributed by atoms with E-state index in [1.54, 1.807) is 0 Å². The fourth-order valence-corrected chi connectivity index (χ4v) is 1.73. The molecule has 0 aliphatic heterocycles. The molecule has 0 heterocycles. The van der Waals surface area contributed by atoms with Crippen molar-refractivity contribution in [3.63, 3.8) is 0 Å². The Labute approximate surface area is 95.7 Å². The Bertz CT molecular complexity index is 406. The van der Waals surface area contributed by atoms with E-state index in [4.69, 9.17) is 0 Å². The highest BCUT2D eigenvalue weighted by Crippen LogP contribution is 2.04. The van der Waals surface area contributed by atoms with Crippen LogP contribution in [0.2, 0.25) is 0 Å². The van der Waals surface area contributed by atoms with Crippen LogP contribution in [-0.4, -0.2) is 11.9 Å². The van der Waals surface area contributed by atoms with Crippen LogP contribution in [0.5, 0.6) is 0 Å². The van der Waals surface area contributed by atoms with Crippen molar-refractivity contribution in [2.45, 2.75) is 18.9 Å². The Morgan fingerprint density at radius 2 is 2.06 bits per heavy atom. The summed E-state index contributed by atoms with van der Waals surface area (Å²) in [5.41, 5.74) is 1.05. The van der Waals surface area contributed by atoms with E-state index in [9.17, 15) is 4.79 Å². The number of carbonyl (C=O) groups excluding carboxylic acids is 1. The third-order valence-electron chi connectivity index (χ3n) is 2.53. The molecule has 1 aliphatic carbocycles. The van der Waals surface area contributed by atoms with Crippen molar-refractivity contribution in [1.82, 2.24) is 5.32 Å². The van der Waals surface area contributed by atoms with E-state index < -0.39 is 0 Å². The van der Waals surface area contributed by atoms with Gasteiger partial charge >= 0.3 is 0 Å². The quantitative estimate of drug-likeness (QED) is 0.819. The monoisotopic (exact) mass is 213 g/mol. The number of benzene rings is 1. The van der Waals surface area contributed by atoms with Gasteiger partial charge in [-0.15, -0.1) is 0 Å². The van der Waals surface area contributed by atoms with Gasteiger partial charge in [-0.2, -0.15) is 0 Å². The zero-order valence-electron chi connectivity index (χ0n) is 9.10. The van der Waals surface area contributed by atoms with Gasteiger partial charge in [0.1, 0.15) is 0 Å². The Morgan fingerprint density at radius 1 is 1.25 bits per heavy atom. The topological polar surface area (TPSA) is 29.1 Å². The second kappa shape index (κ2) is 5.31. The van der Waals surface area contributed by atoms with Crippen LogP contribution in [0.3, 0.4) is 0 Å². The van der Waals surface area contributed by atoms with Crippen LogP contribution in [0, 0.1) is 0 Å². The fourth-order valence-electron chi connectivity index (χ4n) is 1.73. The molecule has 1 aliphatic rings. The minimum atomic E-state index is 0.0798. The lowest BCUT2D eigenvalue weighted by Gasteiger charge is -2.14. The highest BCUT2D eigenvalue weighted by atomic mass is 16.1. The van der Waals surface area contributed by atoms with Gasteiger partial charge in [0.15, 0.2) is 0 Å². The molecule has 2 heteroatoms. The summed E-state index contributed by atoms with van der Waals surface area (Å²) >= 11 is 0. The van der Waals surface area contributed by atoms with Crippen LogP contribution in [0.4, 0.5) is 0 Å². The van der Waals surface area contributed by atoms with Crippen LogP contribution in [0.25, 0.3) is 0 Å². The molecule has 0 spiro atoms. The summed E-state index contributed by atoms with van der Waals surface area (Å²) in [7, 11) is 0. The molecule has 0 aromatic heterocycles. The zero-order valence-corrected chi connectivity index (χ0v) is 9.10. The maximum absolute atomic E-state index is 11.7. The van der Waals surface area contributed by atoms with Crippen molar-refractivity contribution in [3.05, 3.63) is 60.2 Å². The van der Waals surface area contributed by atoms with E-state index in [0.717, 1.165) is 12.0 Å². The van der Waals surface area contributed by atoms with Crippen LogP contribution < -0.4 is 5.32 Å². The van der Waals surface area contributed by atoms with Crippen LogP contribution in [-0.2, 0) is 11.2 Å². The molecule has 82 valence electrons. The highest BCUT2D eigenvalue weighted by molar-refractivity contribution is 5.79. The average Bonchev–Trinajstić information content (AvgIpc) is 2.31. The van der Waals surface area contributed by atoms with Gasteiger partial charge in [0.05, 0.1) is 12.5 Å². The lowest BCUT2D eigenvalue weighted by molar-refractivity contribution is -0.120. The number of allylic oxidation sites excluding steroid dienone is 2. The molecule has 1 N–H and O–H groups in total. The number of carbonyl (C=O) groups is 1. The molecular weight excluding hydrogens is 198 g/mol. The number of amides is 1. The molecule has 0 saturated carbocycles. The number of hydrogen-bond acceptors (Lipinski definition) is 1. The van der Waals surface area contributed by atoms with Crippen molar-refractivity contribution in [3.8, 4) is 0 Å². The minimum absolute atomic E-state index is 0.0798.